The molecule has 28 heteroatoms. The molecule has 0 fully saturated rings. The summed E-state index contributed by atoms with van der Waals surface area (Å²) in [7, 11) is 3.29. The van der Waals surface area contributed by atoms with E-state index < -0.39 is 0 Å². The SMILES string of the molecule is CCC(=O)NCCCCC1(C)c2cc(-c3ccc(CCCC(=O)CCCN)cc3)ccc2-c2ccc(-c3ccc4c(c3)C(CCCOCCOCCOCCOCCOCCOCCOCCOCCOCCOCCOCCOC)(CCCOCCOCCOCCOCCOCCOCCOCCOCCOCCOCCOCCOC)c3cc(C)ccc3-4)cc21. The molecule has 0 heterocycles. The Morgan fingerprint density at radius 3 is 0.891 bits per heavy atom. The number of hydrogen-bond acceptors (Lipinski definition) is 27. The number of fused-ring (bicyclic) bond motifs is 6. The summed E-state index contributed by atoms with van der Waals surface area (Å²) in [5.41, 5.74) is 22.6. The molecule has 2 aliphatic rings. The van der Waals surface area contributed by atoms with Crippen LogP contribution >= 0.6 is 0 Å². The fourth-order valence-corrected chi connectivity index (χ4v) is 15.3. The fraction of sp³-hybridized carbons (Fsp3) is 0.680. The highest BCUT2D eigenvalue weighted by atomic mass is 16.6. The molecule has 3 N–H and O–H groups in total. The van der Waals surface area contributed by atoms with E-state index in [0.717, 1.165) is 64.2 Å². The minimum atomic E-state index is -0.320. The molecule has 0 saturated heterocycles. The van der Waals surface area contributed by atoms with Gasteiger partial charge in [0.15, 0.2) is 0 Å². The molecular formula is C100H156N2O26. The number of Topliss-reactive ketones (excluding diaryl/α,β-unsaturated/α-hetero) is 1. The number of amides is 1. The Labute approximate surface area is 763 Å². The lowest BCUT2D eigenvalue weighted by atomic mass is 9.70. The molecule has 28 nitrogen and oxygen atoms in total. The molecule has 0 saturated carbocycles. The van der Waals surface area contributed by atoms with Crippen molar-refractivity contribution < 1.29 is 123 Å². The third kappa shape index (κ3) is 44.8. The summed E-state index contributed by atoms with van der Waals surface area (Å²) in [5.74, 6) is 0.368. The monoisotopic (exact) mass is 1800 g/mol. The van der Waals surface area contributed by atoms with Gasteiger partial charge in [0, 0.05) is 64.1 Å². The van der Waals surface area contributed by atoms with Crippen LogP contribution in [0.4, 0.5) is 0 Å². The van der Waals surface area contributed by atoms with E-state index in [1.165, 1.54) is 77.9 Å². The van der Waals surface area contributed by atoms with Crippen LogP contribution in [0, 0.1) is 6.92 Å². The van der Waals surface area contributed by atoms with Crippen LogP contribution in [0.3, 0.4) is 0 Å². The normalized spacial score (nSPS) is 13.7. The van der Waals surface area contributed by atoms with E-state index in [1.54, 1.807) is 14.2 Å². The zero-order valence-corrected chi connectivity index (χ0v) is 78.1. The first kappa shape index (κ1) is 109. The maximum atomic E-state index is 12.4. The van der Waals surface area contributed by atoms with Gasteiger partial charge in [-0.3, -0.25) is 9.59 Å². The predicted molar refractivity (Wildman–Crippen MR) is 494 cm³/mol. The van der Waals surface area contributed by atoms with E-state index >= 15 is 0 Å². The van der Waals surface area contributed by atoms with Crippen LogP contribution in [-0.4, -0.2) is 343 Å². The topological polar surface area (TPSA) is 294 Å². The van der Waals surface area contributed by atoms with Crippen LogP contribution in [0.2, 0.25) is 0 Å². The maximum Gasteiger partial charge on any atom is 0.219 e. The molecule has 5 aromatic rings. The van der Waals surface area contributed by atoms with Crippen molar-refractivity contribution in [1.29, 1.82) is 0 Å². The predicted octanol–water partition coefficient (Wildman–Crippen LogP) is 12.4. The number of nitrogens with two attached hydrogens (primary N) is 1. The van der Waals surface area contributed by atoms with E-state index in [9.17, 15) is 9.59 Å². The number of carbonyl (C=O) groups is 2. The minimum Gasteiger partial charge on any atom is -0.382 e. The number of ketones is 1. The number of hydrogen-bond donors (Lipinski definition) is 2. The largest absolute Gasteiger partial charge is 0.382 e. The second-order valence-corrected chi connectivity index (χ2v) is 31.6. The van der Waals surface area contributed by atoms with Crippen LogP contribution in [0.1, 0.15) is 124 Å². The van der Waals surface area contributed by atoms with Crippen molar-refractivity contribution in [1.82, 2.24) is 5.32 Å². The Kier molecular flexibility index (Phi) is 61.3. The lowest BCUT2D eigenvalue weighted by Crippen LogP contribution is -2.27. The minimum absolute atomic E-state index is 0.0796. The van der Waals surface area contributed by atoms with Crippen LogP contribution < -0.4 is 11.1 Å². The van der Waals surface area contributed by atoms with Gasteiger partial charge in [-0.15, -0.1) is 0 Å². The quantitative estimate of drug-likeness (QED) is 0.0342. The maximum absolute atomic E-state index is 12.4. The standard InChI is InChI=1S/C100H156N2O26/c1-6-98(104)102-32-8-7-28-99(3)94-80-86(85-19-17-84(18-20-85)13-9-14-89(103)15-10-31-101)21-25-90(94)91-26-22-87(81-95(91)99)88-23-27-93-92-24-16-83(2)79-96(92)100(97(93)82-88,29-11-33-107-39-41-111-47-49-115-55-57-119-63-65-123-71-73-127-77-75-125-69-67-121-61-59-117-53-51-113-45-43-109-37-35-105-4)30-12-34-108-40-42-112-48-50-116-56-58-120-64-66-124-72-74-128-78-76-126-70-68-122-62-60-118-54-52-114-46-44-110-38-36-106-5/h16-27,79-82H,6-15,28-78,101H2,1-5H3,(H,102,104). The molecular weight excluding hydrogens is 1650 g/mol. The number of aryl methyl sites for hydroxylation is 2. The lowest BCUT2D eigenvalue weighted by Gasteiger charge is -2.33. The van der Waals surface area contributed by atoms with Crippen molar-refractivity contribution in [2.45, 2.75) is 115 Å². The molecule has 7 rings (SSSR count). The first-order valence-corrected chi connectivity index (χ1v) is 47.0. The number of nitrogens with one attached hydrogen (secondary N) is 1. The van der Waals surface area contributed by atoms with Crippen LogP contribution in [0.15, 0.2) is 97.1 Å². The highest BCUT2D eigenvalue weighted by molar-refractivity contribution is 5.88. The number of methoxy groups -OCH3 is 2. The molecule has 0 aliphatic heterocycles. The van der Waals surface area contributed by atoms with Gasteiger partial charge in [-0.25, -0.2) is 0 Å². The molecule has 722 valence electrons. The summed E-state index contributed by atoms with van der Waals surface area (Å²) < 4.78 is 135. The van der Waals surface area contributed by atoms with E-state index in [4.69, 9.17) is 119 Å². The lowest BCUT2D eigenvalue weighted by molar-refractivity contribution is -0.121. The Morgan fingerprint density at radius 2 is 0.570 bits per heavy atom. The zero-order chi connectivity index (χ0) is 90.4. The summed E-state index contributed by atoms with van der Waals surface area (Å²) in [6.45, 7) is 30.5. The first-order valence-electron chi connectivity index (χ1n) is 47.0. The summed E-state index contributed by atoms with van der Waals surface area (Å²) in [6, 6.07) is 37.2. The Morgan fingerprint density at radius 1 is 0.297 bits per heavy atom. The third-order valence-electron chi connectivity index (χ3n) is 22.1. The second-order valence-electron chi connectivity index (χ2n) is 31.6. The zero-order valence-electron chi connectivity index (χ0n) is 78.1. The van der Waals surface area contributed by atoms with Crippen LogP contribution in [0.5, 0.6) is 0 Å². The second kappa shape index (κ2) is 71.8. The van der Waals surface area contributed by atoms with Gasteiger partial charge in [0.1, 0.15) is 5.78 Å². The number of rotatable bonds is 89. The van der Waals surface area contributed by atoms with Crippen molar-refractivity contribution in [2.75, 3.05) is 331 Å². The van der Waals surface area contributed by atoms with Crippen molar-refractivity contribution in [3.8, 4) is 44.5 Å². The van der Waals surface area contributed by atoms with Crippen LogP contribution in [0.25, 0.3) is 44.5 Å². The average molecular weight is 1800 g/mol. The number of unbranched alkanes of at least 4 members (excludes halogenated alkanes) is 1. The highest BCUT2D eigenvalue weighted by Crippen LogP contribution is 2.57. The molecule has 128 heavy (non-hydrogen) atoms. The van der Waals surface area contributed by atoms with Gasteiger partial charge in [-0.05, 0) is 162 Å². The van der Waals surface area contributed by atoms with Crippen molar-refractivity contribution in [3.05, 3.63) is 130 Å². The third-order valence-corrected chi connectivity index (χ3v) is 22.1. The van der Waals surface area contributed by atoms with Crippen LogP contribution in [-0.2, 0) is 141 Å². The van der Waals surface area contributed by atoms with Gasteiger partial charge < -0.3 is 125 Å². The Hall–Kier alpha value is -5.76. The Balaban J connectivity index is 0.830. The van der Waals surface area contributed by atoms with Gasteiger partial charge >= 0.3 is 0 Å². The summed E-state index contributed by atoms with van der Waals surface area (Å²) in [6.07, 6.45) is 10.2. The Bertz CT molecular complexity index is 3540. The van der Waals surface area contributed by atoms with E-state index in [2.05, 4.69) is 116 Å². The summed E-state index contributed by atoms with van der Waals surface area (Å²) in [4.78, 5) is 24.8. The van der Waals surface area contributed by atoms with Gasteiger partial charge in [-0.2, -0.15) is 0 Å². The summed E-state index contributed by atoms with van der Waals surface area (Å²) >= 11 is 0. The highest BCUT2D eigenvalue weighted by Gasteiger charge is 2.44. The number of ether oxygens (including phenoxy) is 24. The van der Waals surface area contributed by atoms with E-state index in [-0.39, 0.29) is 22.5 Å². The van der Waals surface area contributed by atoms with Gasteiger partial charge in [-0.1, -0.05) is 105 Å². The van der Waals surface area contributed by atoms with Crippen molar-refractivity contribution in [2.24, 2.45) is 5.73 Å². The van der Waals surface area contributed by atoms with Gasteiger partial charge in [0.25, 0.3) is 0 Å². The van der Waals surface area contributed by atoms with Crippen molar-refractivity contribution >= 4 is 11.7 Å². The van der Waals surface area contributed by atoms with Gasteiger partial charge in [0.05, 0.1) is 291 Å². The summed E-state index contributed by atoms with van der Waals surface area (Å²) in [5, 5.41) is 3.12. The smallest absolute Gasteiger partial charge is 0.219 e. The molecule has 1 atom stereocenters. The molecule has 1 unspecified atom stereocenters. The molecule has 0 spiro atoms. The molecule has 1 amide bonds. The van der Waals surface area contributed by atoms with Gasteiger partial charge in [0.2, 0.25) is 5.91 Å². The van der Waals surface area contributed by atoms with Crippen molar-refractivity contribution in [3.63, 3.8) is 0 Å². The fourth-order valence-electron chi connectivity index (χ4n) is 15.3. The molecule has 5 aromatic carbocycles. The number of benzene rings is 5. The molecule has 0 aromatic heterocycles. The average Bonchev–Trinajstić information content (AvgIpc) is 1.53. The first-order chi connectivity index (χ1) is 63.1. The molecule has 0 radical (unpaired) electrons. The van der Waals surface area contributed by atoms with E-state index in [1.807, 2.05) is 6.92 Å². The van der Waals surface area contributed by atoms with E-state index in [0.29, 0.717) is 336 Å². The number of carbonyl (C=O) groups excluding carboxylic acids is 2. The molecule has 0 bridgehead atoms. The molecule has 2 aliphatic carbocycles.